The maximum absolute atomic E-state index is 11.8. The van der Waals surface area contributed by atoms with Crippen LogP contribution in [0.25, 0.3) is 0 Å². The lowest BCUT2D eigenvalue weighted by Gasteiger charge is -2.23. The van der Waals surface area contributed by atoms with E-state index in [0.717, 1.165) is 17.8 Å². The van der Waals surface area contributed by atoms with Gasteiger partial charge in [-0.1, -0.05) is 0 Å². The Balaban J connectivity index is 1.65. The second kappa shape index (κ2) is 6.70. The molecule has 106 valence electrons. The van der Waals surface area contributed by atoms with Gasteiger partial charge < -0.3 is 15.2 Å². The number of amides is 1. The number of carbonyl (C=O) groups excluding carboxylic acids is 1. The monoisotopic (exact) mass is 264 g/mol. The van der Waals surface area contributed by atoms with Crippen LogP contribution in [0.1, 0.15) is 44.0 Å². The second-order valence-corrected chi connectivity index (χ2v) is 5.38. The molecule has 1 aromatic heterocycles. The Bertz CT molecular complexity index is 409. The van der Waals surface area contributed by atoms with Crippen LogP contribution < -0.4 is 5.32 Å². The topological polar surface area (TPSA) is 61.0 Å². The van der Waals surface area contributed by atoms with E-state index in [1.165, 1.54) is 25.9 Å². The molecule has 19 heavy (non-hydrogen) atoms. The molecule has 1 aliphatic heterocycles. The van der Waals surface area contributed by atoms with Gasteiger partial charge in [0.15, 0.2) is 0 Å². The fraction of sp³-hybridized carbons (Fsp3) is 0.714. The predicted octanol–water partition coefficient (Wildman–Crippen LogP) is 1.60. The van der Waals surface area contributed by atoms with E-state index in [-0.39, 0.29) is 5.91 Å². The van der Waals surface area contributed by atoms with Crippen molar-refractivity contribution in [1.82, 2.24) is 20.2 Å². The molecule has 1 aliphatic rings. The van der Waals surface area contributed by atoms with Crippen molar-refractivity contribution in [3.05, 3.63) is 17.7 Å². The lowest BCUT2D eigenvalue weighted by Crippen LogP contribution is -2.32. The Morgan fingerprint density at radius 2 is 2.26 bits per heavy atom. The second-order valence-electron chi connectivity index (χ2n) is 5.38. The summed E-state index contributed by atoms with van der Waals surface area (Å²) >= 11 is 0. The summed E-state index contributed by atoms with van der Waals surface area (Å²) in [6.07, 6.45) is 5.79. The van der Waals surface area contributed by atoms with Gasteiger partial charge in [-0.05, 0) is 46.2 Å². The van der Waals surface area contributed by atoms with Crippen LogP contribution in [0.4, 0.5) is 0 Å². The highest BCUT2D eigenvalue weighted by molar-refractivity contribution is 5.75. The smallest absolute Gasteiger partial charge is 0.220 e. The standard InChI is InChI=1S/C14H24N4O/c1-11(18-7-3-4-8-18)5-6-14(19)15-9-13-12(2)16-10-17-13/h10-11H,3-9H2,1-2H3,(H,15,19)(H,16,17). The van der Waals surface area contributed by atoms with Crippen LogP contribution in [-0.4, -0.2) is 39.9 Å². The Labute approximate surface area is 114 Å². The highest BCUT2D eigenvalue weighted by atomic mass is 16.1. The van der Waals surface area contributed by atoms with Gasteiger partial charge in [0.2, 0.25) is 5.91 Å². The molecule has 2 rings (SSSR count). The van der Waals surface area contributed by atoms with Crippen molar-refractivity contribution in [2.24, 2.45) is 0 Å². The summed E-state index contributed by atoms with van der Waals surface area (Å²) in [4.78, 5) is 21.5. The molecule has 1 saturated heterocycles. The van der Waals surface area contributed by atoms with Gasteiger partial charge in [0.1, 0.15) is 0 Å². The van der Waals surface area contributed by atoms with Crippen LogP contribution in [0.15, 0.2) is 6.33 Å². The maximum atomic E-state index is 11.8. The van der Waals surface area contributed by atoms with E-state index >= 15 is 0 Å². The van der Waals surface area contributed by atoms with Gasteiger partial charge in [-0.15, -0.1) is 0 Å². The normalized spacial score (nSPS) is 17.6. The first-order valence-corrected chi connectivity index (χ1v) is 7.16. The number of aromatic amines is 1. The molecule has 0 aliphatic carbocycles. The number of aromatic nitrogens is 2. The molecule has 5 nitrogen and oxygen atoms in total. The average molecular weight is 264 g/mol. The Kier molecular flexibility index (Phi) is 4.96. The molecule has 1 amide bonds. The summed E-state index contributed by atoms with van der Waals surface area (Å²) in [6, 6.07) is 0.514. The van der Waals surface area contributed by atoms with Gasteiger partial charge in [-0.3, -0.25) is 4.79 Å². The Morgan fingerprint density at radius 3 is 2.89 bits per heavy atom. The molecule has 5 heteroatoms. The van der Waals surface area contributed by atoms with Gasteiger partial charge in [0.05, 0.1) is 18.6 Å². The quantitative estimate of drug-likeness (QED) is 0.820. The van der Waals surface area contributed by atoms with Gasteiger partial charge in [-0.2, -0.15) is 0 Å². The zero-order valence-electron chi connectivity index (χ0n) is 11.9. The minimum atomic E-state index is 0.119. The van der Waals surface area contributed by atoms with Gasteiger partial charge in [-0.25, -0.2) is 4.98 Å². The fourth-order valence-corrected chi connectivity index (χ4v) is 2.54. The summed E-state index contributed by atoms with van der Waals surface area (Å²) in [7, 11) is 0. The summed E-state index contributed by atoms with van der Waals surface area (Å²) in [6.45, 7) is 7.08. The van der Waals surface area contributed by atoms with Crippen LogP contribution in [-0.2, 0) is 11.3 Å². The van der Waals surface area contributed by atoms with E-state index in [4.69, 9.17) is 0 Å². The number of imidazole rings is 1. The molecule has 0 radical (unpaired) electrons. The van der Waals surface area contributed by atoms with Crippen LogP contribution in [0.2, 0.25) is 0 Å². The van der Waals surface area contributed by atoms with E-state index in [1.54, 1.807) is 6.33 Å². The van der Waals surface area contributed by atoms with Crippen LogP contribution in [0.5, 0.6) is 0 Å². The van der Waals surface area contributed by atoms with Crippen molar-refractivity contribution in [3.63, 3.8) is 0 Å². The molecule has 0 saturated carbocycles. The number of aryl methyl sites for hydroxylation is 1. The maximum Gasteiger partial charge on any atom is 0.220 e. The SMILES string of the molecule is Cc1[nH]cnc1CNC(=O)CCC(C)N1CCCC1. The first kappa shape index (κ1) is 14.1. The van der Waals surface area contributed by atoms with E-state index in [9.17, 15) is 4.79 Å². The number of rotatable bonds is 6. The molecule has 1 atom stereocenters. The third-order valence-electron chi connectivity index (χ3n) is 3.94. The first-order chi connectivity index (χ1) is 9.16. The van der Waals surface area contributed by atoms with E-state index < -0.39 is 0 Å². The van der Waals surface area contributed by atoms with Gasteiger partial charge in [0, 0.05) is 18.2 Å². The number of hydrogen-bond acceptors (Lipinski definition) is 3. The molecular formula is C14H24N4O. The van der Waals surface area contributed by atoms with Gasteiger partial charge in [0.25, 0.3) is 0 Å². The first-order valence-electron chi connectivity index (χ1n) is 7.16. The number of nitrogens with zero attached hydrogens (tertiary/aromatic N) is 2. The molecule has 0 bridgehead atoms. The molecular weight excluding hydrogens is 240 g/mol. The van der Waals surface area contributed by atoms with Crippen LogP contribution >= 0.6 is 0 Å². The lowest BCUT2D eigenvalue weighted by atomic mass is 10.1. The third-order valence-corrected chi connectivity index (χ3v) is 3.94. The minimum Gasteiger partial charge on any atom is -0.350 e. The number of nitrogens with one attached hydrogen (secondary N) is 2. The van der Waals surface area contributed by atoms with Crippen LogP contribution in [0.3, 0.4) is 0 Å². The third kappa shape index (κ3) is 4.06. The molecule has 0 aromatic carbocycles. The van der Waals surface area contributed by atoms with Crippen molar-refractivity contribution in [1.29, 1.82) is 0 Å². The largest absolute Gasteiger partial charge is 0.350 e. The molecule has 1 aromatic rings. The summed E-state index contributed by atoms with van der Waals surface area (Å²) in [5, 5.41) is 2.93. The summed E-state index contributed by atoms with van der Waals surface area (Å²) in [5.74, 6) is 0.119. The van der Waals surface area contributed by atoms with Crippen molar-refractivity contribution in [3.8, 4) is 0 Å². The highest BCUT2D eigenvalue weighted by Gasteiger charge is 2.18. The minimum absolute atomic E-state index is 0.119. The lowest BCUT2D eigenvalue weighted by molar-refractivity contribution is -0.121. The molecule has 2 heterocycles. The Morgan fingerprint density at radius 1 is 1.53 bits per heavy atom. The predicted molar refractivity (Wildman–Crippen MR) is 74.7 cm³/mol. The number of H-pyrrole nitrogens is 1. The fourth-order valence-electron chi connectivity index (χ4n) is 2.54. The summed E-state index contributed by atoms with van der Waals surface area (Å²) < 4.78 is 0. The number of carbonyl (C=O) groups is 1. The van der Waals surface area contributed by atoms with Crippen molar-refractivity contribution < 1.29 is 4.79 Å². The van der Waals surface area contributed by atoms with Crippen molar-refractivity contribution in [2.45, 2.75) is 52.1 Å². The number of likely N-dealkylation sites (tertiary alicyclic amines) is 1. The molecule has 0 spiro atoms. The molecule has 1 unspecified atom stereocenters. The zero-order valence-corrected chi connectivity index (χ0v) is 11.9. The van der Waals surface area contributed by atoms with E-state index in [2.05, 4.69) is 27.1 Å². The number of hydrogen-bond donors (Lipinski definition) is 2. The molecule has 1 fully saturated rings. The van der Waals surface area contributed by atoms with Gasteiger partial charge >= 0.3 is 0 Å². The van der Waals surface area contributed by atoms with Crippen molar-refractivity contribution in [2.75, 3.05) is 13.1 Å². The summed E-state index contributed by atoms with van der Waals surface area (Å²) in [5.41, 5.74) is 1.94. The Hall–Kier alpha value is -1.36. The van der Waals surface area contributed by atoms with Crippen LogP contribution in [0, 0.1) is 6.92 Å². The van der Waals surface area contributed by atoms with E-state index in [0.29, 0.717) is 19.0 Å². The highest BCUT2D eigenvalue weighted by Crippen LogP contribution is 2.14. The molecule has 2 N–H and O–H groups in total. The van der Waals surface area contributed by atoms with Crippen molar-refractivity contribution >= 4 is 5.91 Å². The zero-order chi connectivity index (χ0) is 13.7. The van der Waals surface area contributed by atoms with E-state index in [1.807, 2.05) is 6.92 Å². The average Bonchev–Trinajstić information content (AvgIpc) is 3.05.